The summed E-state index contributed by atoms with van der Waals surface area (Å²) in [5.41, 5.74) is 5.55. The summed E-state index contributed by atoms with van der Waals surface area (Å²) in [5.74, 6) is 2.00. The molecule has 0 saturated heterocycles. The maximum absolute atomic E-state index is 8.56. The minimum absolute atomic E-state index is 0.0953. The first-order chi connectivity index (χ1) is 7.60. The molecule has 4 N–H and O–H groups in total. The molecule has 0 aromatic heterocycles. The highest BCUT2D eigenvalue weighted by Crippen LogP contribution is 2.33. The molecule has 4 unspecified atom stereocenters. The van der Waals surface area contributed by atoms with Crippen LogP contribution in [0.4, 0.5) is 0 Å². The molecule has 0 spiro atoms. The van der Waals surface area contributed by atoms with Crippen molar-refractivity contribution in [2.24, 2.45) is 28.6 Å². The predicted molar refractivity (Wildman–Crippen MR) is 66.5 cm³/mol. The molecule has 0 bridgehead atoms. The van der Waals surface area contributed by atoms with Gasteiger partial charge in [0.15, 0.2) is 0 Å². The van der Waals surface area contributed by atoms with Crippen LogP contribution in [0.5, 0.6) is 0 Å². The zero-order valence-electron chi connectivity index (χ0n) is 10.6. The van der Waals surface area contributed by atoms with E-state index in [-0.39, 0.29) is 5.92 Å². The molecule has 0 aromatic rings. The van der Waals surface area contributed by atoms with Crippen LogP contribution in [0.2, 0.25) is 0 Å². The Morgan fingerprint density at radius 2 is 2.25 bits per heavy atom. The molecular weight excluding hydrogens is 202 g/mol. The SMILES string of the molecule is CCC1CCC(NCC(C)C(N)=NO)C1C. The van der Waals surface area contributed by atoms with Crippen molar-refractivity contribution in [2.75, 3.05) is 6.54 Å². The number of nitrogens with one attached hydrogen (secondary N) is 1. The van der Waals surface area contributed by atoms with Gasteiger partial charge in [0.2, 0.25) is 0 Å². The van der Waals surface area contributed by atoms with Crippen molar-refractivity contribution in [3.05, 3.63) is 0 Å². The number of hydrogen-bond acceptors (Lipinski definition) is 3. The van der Waals surface area contributed by atoms with Gasteiger partial charge in [-0.15, -0.1) is 0 Å². The van der Waals surface area contributed by atoms with Crippen molar-refractivity contribution in [3.8, 4) is 0 Å². The first-order valence-electron chi connectivity index (χ1n) is 6.30. The lowest BCUT2D eigenvalue weighted by Gasteiger charge is -2.22. The number of nitrogens with two attached hydrogens (primary N) is 1. The summed E-state index contributed by atoms with van der Waals surface area (Å²) in [6.07, 6.45) is 3.85. The molecule has 4 heteroatoms. The number of rotatable bonds is 5. The van der Waals surface area contributed by atoms with E-state index in [4.69, 9.17) is 10.9 Å². The standard InChI is InChI=1S/C12H25N3O/c1-4-10-5-6-11(9(10)3)14-7-8(2)12(13)15-16/h8-11,14,16H,4-7H2,1-3H3,(H2,13,15). The Bertz CT molecular complexity index is 242. The highest BCUT2D eigenvalue weighted by molar-refractivity contribution is 5.82. The average Bonchev–Trinajstić information content (AvgIpc) is 2.65. The van der Waals surface area contributed by atoms with Crippen LogP contribution in [0.15, 0.2) is 5.16 Å². The second-order valence-electron chi connectivity index (χ2n) is 5.05. The first-order valence-corrected chi connectivity index (χ1v) is 6.30. The molecule has 4 atom stereocenters. The van der Waals surface area contributed by atoms with Crippen LogP contribution in [0, 0.1) is 17.8 Å². The molecular formula is C12H25N3O. The topological polar surface area (TPSA) is 70.6 Å². The van der Waals surface area contributed by atoms with Gasteiger partial charge in [-0.2, -0.15) is 0 Å². The minimum Gasteiger partial charge on any atom is -0.409 e. The number of oxime groups is 1. The number of nitrogens with zero attached hydrogens (tertiary/aromatic N) is 1. The highest BCUT2D eigenvalue weighted by atomic mass is 16.4. The first kappa shape index (κ1) is 13.3. The normalized spacial score (nSPS) is 32.9. The van der Waals surface area contributed by atoms with Gasteiger partial charge in [-0.3, -0.25) is 0 Å². The van der Waals surface area contributed by atoms with E-state index in [1.54, 1.807) is 0 Å². The lowest BCUT2D eigenvalue weighted by Crippen LogP contribution is -2.39. The maximum Gasteiger partial charge on any atom is 0.143 e. The Labute approximate surface area is 98.3 Å². The zero-order chi connectivity index (χ0) is 12.1. The van der Waals surface area contributed by atoms with E-state index in [2.05, 4.69) is 24.3 Å². The third-order valence-corrected chi connectivity index (χ3v) is 4.06. The van der Waals surface area contributed by atoms with Gasteiger partial charge in [0, 0.05) is 18.5 Å². The van der Waals surface area contributed by atoms with Crippen LogP contribution >= 0.6 is 0 Å². The van der Waals surface area contributed by atoms with Gasteiger partial charge in [-0.25, -0.2) is 0 Å². The van der Waals surface area contributed by atoms with Crippen LogP contribution < -0.4 is 11.1 Å². The lowest BCUT2D eigenvalue weighted by molar-refractivity contribution is 0.311. The molecule has 0 amide bonds. The molecule has 1 aliphatic carbocycles. The number of hydrogen-bond donors (Lipinski definition) is 3. The van der Waals surface area contributed by atoms with Gasteiger partial charge in [-0.05, 0) is 24.7 Å². The average molecular weight is 227 g/mol. The van der Waals surface area contributed by atoms with E-state index in [0.29, 0.717) is 11.9 Å². The van der Waals surface area contributed by atoms with Crippen molar-refractivity contribution >= 4 is 5.84 Å². The van der Waals surface area contributed by atoms with E-state index in [0.717, 1.165) is 18.4 Å². The Morgan fingerprint density at radius 1 is 1.56 bits per heavy atom. The second-order valence-corrected chi connectivity index (χ2v) is 5.05. The largest absolute Gasteiger partial charge is 0.409 e. The molecule has 1 saturated carbocycles. The monoisotopic (exact) mass is 227 g/mol. The predicted octanol–water partition coefficient (Wildman–Crippen LogP) is 1.78. The lowest BCUT2D eigenvalue weighted by atomic mass is 9.93. The van der Waals surface area contributed by atoms with Crippen molar-refractivity contribution in [1.29, 1.82) is 0 Å². The molecule has 16 heavy (non-hydrogen) atoms. The van der Waals surface area contributed by atoms with Crippen molar-refractivity contribution < 1.29 is 5.21 Å². The maximum atomic E-state index is 8.56. The van der Waals surface area contributed by atoms with Gasteiger partial charge < -0.3 is 16.3 Å². The van der Waals surface area contributed by atoms with Crippen LogP contribution in [-0.4, -0.2) is 23.6 Å². The van der Waals surface area contributed by atoms with Crippen molar-refractivity contribution in [3.63, 3.8) is 0 Å². The van der Waals surface area contributed by atoms with Crippen molar-refractivity contribution in [2.45, 2.75) is 46.1 Å². The van der Waals surface area contributed by atoms with E-state index >= 15 is 0 Å². The third kappa shape index (κ3) is 3.11. The molecule has 0 heterocycles. The Balaban J connectivity index is 2.34. The molecule has 0 radical (unpaired) electrons. The van der Waals surface area contributed by atoms with Gasteiger partial charge in [0.25, 0.3) is 0 Å². The molecule has 1 aliphatic rings. The number of amidine groups is 1. The fourth-order valence-electron chi connectivity index (χ4n) is 2.64. The summed E-state index contributed by atoms with van der Waals surface area (Å²) in [6.45, 7) is 7.36. The molecule has 1 fully saturated rings. The molecule has 1 rings (SSSR count). The molecule has 4 nitrogen and oxygen atoms in total. The van der Waals surface area contributed by atoms with E-state index in [1.807, 2.05) is 6.92 Å². The van der Waals surface area contributed by atoms with Crippen LogP contribution in [0.1, 0.15) is 40.0 Å². The zero-order valence-corrected chi connectivity index (χ0v) is 10.6. The van der Waals surface area contributed by atoms with Crippen molar-refractivity contribution in [1.82, 2.24) is 5.32 Å². The molecule has 94 valence electrons. The summed E-state index contributed by atoms with van der Waals surface area (Å²) >= 11 is 0. The fourth-order valence-corrected chi connectivity index (χ4v) is 2.64. The summed E-state index contributed by atoms with van der Waals surface area (Å²) in [5, 5.41) is 15.1. The van der Waals surface area contributed by atoms with E-state index < -0.39 is 0 Å². The summed E-state index contributed by atoms with van der Waals surface area (Å²) in [6, 6.07) is 0.596. The van der Waals surface area contributed by atoms with Crippen LogP contribution in [0.25, 0.3) is 0 Å². The molecule has 0 aliphatic heterocycles. The van der Waals surface area contributed by atoms with Gasteiger partial charge in [-0.1, -0.05) is 32.3 Å². The van der Waals surface area contributed by atoms with Crippen LogP contribution in [-0.2, 0) is 0 Å². The Morgan fingerprint density at radius 3 is 2.75 bits per heavy atom. The smallest absolute Gasteiger partial charge is 0.143 e. The Kier molecular flexibility index (Phi) is 5.06. The van der Waals surface area contributed by atoms with E-state index in [9.17, 15) is 0 Å². The van der Waals surface area contributed by atoms with Gasteiger partial charge in [0.05, 0.1) is 0 Å². The third-order valence-electron chi connectivity index (χ3n) is 4.06. The summed E-state index contributed by atoms with van der Waals surface area (Å²) in [7, 11) is 0. The summed E-state index contributed by atoms with van der Waals surface area (Å²) in [4.78, 5) is 0. The minimum atomic E-state index is 0.0953. The fraction of sp³-hybridized carbons (Fsp3) is 0.917. The molecule has 0 aromatic carbocycles. The van der Waals surface area contributed by atoms with Gasteiger partial charge in [0.1, 0.15) is 5.84 Å². The summed E-state index contributed by atoms with van der Waals surface area (Å²) < 4.78 is 0. The highest BCUT2D eigenvalue weighted by Gasteiger charge is 2.31. The quantitative estimate of drug-likeness (QED) is 0.290. The van der Waals surface area contributed by atoms with Gasteiger partial charge >= 0.3 is 0 Å². The van der Waals surface area contributed by atoms with E-state index in [1.165, 1.54) is 19.3 Å². The second kappa shape index (κ2) is 6.09. The Hall–Kier alpha value is -0.770. The van der Waals surface area contributed by atoms with Crippen LogP contribution in [0.3, 0.4) is 0 Å².